The lowest BCUT2D eigenvalue weighted by Gasteiger charge is -2.12. The number of hydrogen-bond acceptors (Lipinski definition) is 3. The van der Waals surface area contributed by atoms with Crippen LogP contribution in [0.2, 0.25) is 5.02 Å². The smallest absolute Gasteiger partial charge is 0.264 e. The number of rotatable bonds is 5. The Balaban J connectivity index is 2.25. The molecule has 4 nitrogen and oxygen atoms in total. The number of nitriles is 1. The van der Waals surface area contributed by atoms with Gasteiger partial charge in [0.1, 0.15) is 18.2 Å². The molecule has 0 atom stereocenters. The third-order valence-electron chi connectivity index (χ3n) is 3.55. The molecule has 0 saturated heterocycles. The Labute approximate surface area is 166 Å². The summed E-state index contributed by atoms with van der Waals surface area (Å²) in [5, 5.41) is 9.59. The number of nitrogens with zero attached hydrogens (tertiary/aromatic N) is 2. The molecule has 134 valence electrons. The number of aryl methyl sites for hydroxylation is 1. The van der Waals surface area contributed by atoms with E-state index in [4.69, 9.17) is 16.3 Å². The summed E-state index contributed by atoms with van der Waals surface area (Å²) in [6.07, 6.45) is 1.50. The van der Waals surface area contributed by atoms with Gasteiger partial charge in [0, 0.05) is 14.1 Å². The van der Waals surface area contributed by atoms with Gasteiger partial charge >= 0.3 is 0 Å². The van der Waals surface area contributed by atoms with Crippen molar-refractivity contribution in [3.05, 3.63) is 68.2 Å². The maximum absolute atomic E-state index is 12.0. The summed E-state index contributed by atoms with van der Waals surface area (Å²) in [6, 6.07) is 13.4. The van der Waals surface area contributed by atoms with E-state index in [-0.39, 0.29) is 11.5 Å². The zero-order chi connectivity index (χ0) is 19.3. The van der Waals surface area contributed by atoms with Crippen molar-refractivity contribution in [2.45, 2.75) is 13.5 Å². The van der Waals surface area contributed by atoms with Crippen LogP contribution in [-0.4, -0.2) is 24.9 Å². The average molecular weight is 434 g/mol. The molecule has 2 rings (SSSR count). The van der Waals surface area contributed by atoms with Crippen molar-refractivity contribution in [3.8, 4) is 11.8 Å². The fourth-order valence-corrected chi connectivity index (χ4v) is 3.30. The van der Waals surface area contributed by atoms with Crippen LogP contribution in [0.25, 0.3) is 6.08 Å². The van der Waals surface area contributed by atoms with Crippen molar-refractivity contribution in [1.82, 2.24) is 4.90 Å². The molecule has 2 aromatic carbocycles. The molecule has 1 amide bonds. The molecule has 0 N–H and O–H groups in total. The quantitative estimate of drug-likeness (QED) is 0.493. The highest BCUT2D eigenvalue weighted by Gasteiger charge is 2.13. The lowest BCUT2D eigenvalue weighted by Crippen LogP contribution is -2.22. The highest BCUT2D eigenvalue weighted by molar-refractivity contribution is 9.10. The fraction of sp³-hybridized carbons (Fsp3) is 0.200. The summed E-state index contributed by atoms with van der Waals surface area (Å²) in [5.74, 6) is 0.155. The van der Waals surface area contributed by atoms with Gasteiger partial charge in [-0.2, -0.15) is 5.26 Å². The van der Waals surface area contributed by atoms with Gasteiger partial charge in [0.2, 0.25) is 0 Å². The van der Waals surface area contributed by atoms with E-state index in [0.29, 0.717) is 27.4 Å². The van der Waals surface area contributed by atoms with Crippen molar-refractivity contribution in [2.75, 3.05) is 14.1 Å². The second kappa shape index (κ2) is 8.88. The Hall–Kier alpha value is -2.29. The molecule has 0 unspecified atom stereocenters. The minimum Gasteiger partial charge on any atom is -0.486 e. The molecule has 0 saturated carbocycles. The number of amides is 1. The topological polar surface area (TPSA) is 53.3 Å². The van der Waals surface area contributed by atoms with Crippen LogP contribution in [0, 0.1) is 18.3 Å². The van der Waals surface area contributed by atoms with Crippen LogP contribution in [0.3, 0.4) is 0 Å². The van der Waals surface area contributed by atoms with Crippen LogP contribution in [0.4, 0.5) is 0 Å². The molecule has 0 bridgehead atoms. The van der Waals surface area contributed by atoms with E-state index in [1.165, 1.54) is 11.0 Å². The summed E-state index contributed by atoms with van der Waals surface area (Å²) in [7, 11) is 3.19. The summed E-state index contributed by atoms with van der Waals surface area (Å²) < 4.78 is 6.49. The third-order valence-corrected chi connectivity index (χ3v) is 4.42. The Bertz CT molecular complexity index is 878. The van der Waals surface area contributed by atoms with E-state index in [2.05, 4.69) is 15.9 Å². The van der Waals surface area contributed by atoms with Gasteiger partial charge in [-0.05, 0) is 52.2 Å². The van der Waals surface area contributed by atoms with Crippen LogP contribution in [0.5, 0.6) is 5.75 Å². The predicted molar refractivity (Wildman–Crippen MR) is 107 cm³/mol. The first-order valence-corrected chi connectivity index (χ1v) is 8.99. The first kappa shape index (κ1) is 20.0. The zero-order valence-electron chi connectivity index (χ0n) is 14.7. The Kier molecular flexibility index (Phi) is 6.84. The molecule has 0 heterocycles. The van der Waals surface area contributed by atoms with E-state index >= 15 is 0 Å². The minimum absolute atomic E-state index is 0.0337. The van der Waals surface area contributed by atoms with Crippen molar-refractivity contribution in [3.63, 3.8) is 0 Å². The van der Waals surface area contributed by atoms with E-state index in [1.807, 2.05) is 37.3 Å². The Morgan fingerprint density at radius 1 is 1.35 bits per heavy atom. The molecule has 0 aliphatic carbocycles. The lowest BCUT2D eigenvalue weighted by molar-refractivity contribution is -0.124. The first-order chi connectivity index (χ1) is 12.3. The van der Waals surface area contributed by atoms with Crippen LogP contribution >= 0.6 is 27.5 Å². The van der Waals surface area contributed by atoms with Gasteiger partial charge < -0.3 is 9.64 Å². The molecule has 26 heavy (non-hydrogen) atoms. The van der Waals surface area contributed by atoms with Gasteiger partial charge in [0.05, 0.1) is 9.50 Å². The molecular formula is C20H18BrClN2O2. The number of likely N-dealkylation sites (N-methyl/N-ethyl adjacent to an activating group) is 1. The summed E-state index contributed by atoms with van der Waals surface area (Å²) in [5.41, 5.74) is 2.87. The van der Waals surface area contributed by atoms with Gasteiger partial charge in [0.25, 0.3) is 5.91 Å². The molecule has 6 heteroatoms. The predicted octanol–water partition coefficient (Wildman–Crippen LogP) is 4.99. The van der Waals surface area contributed by atoms with E-state index in [0.717, 1.165) is 11.1 Å². The summed E-state index contributed by atoms with van der Waals surface area (Å²) >= 11 is 9.79. The number of carbonyl (C=O) groups is 1. The molecule has 0 aliphatic heterocycles. The molecule has 0 aromatic heterocycles. The molecule has 0 aliphatic rings. The SMILES string of the molecule is Cc1cccc(COc2c(Cl)cc(/C=C(/C#N)C(=O)N(C)C)cc2Br)c1. The molecule has 0 fully saturated rings. The van der Waals surface area contributed by atoms with Gasteiger partial charge in [0.15, 0.2) is 5.75 Å². The van der Waals surface area contributed by atoms with Gasteiger partial charge in [-0.3, -0.25) is 4.79 Å². The van der Waals surface area contributed by atoms with E-state index < -0.39 is 0 Å². The van der Waals surface area contributed by atoms with Gasteiger partial charge in [-0.25, -0.2) is 0 Å². The Morgan fingerprint density at radius 2 is 2.08 bits per heavy atom. The molecule has 0 radical (unpaired) electrons. The van der Waals surface area contributed by atoms with Gasteiger partial charge in [-0.15, -0.1) is 0 Å². The van der Waals surface area contributed by atoms with E-state index in [9.17, 15) is 10.1 Å². The monoisotopic (exact) mass is 432 g/mol. The van der Waals surface area contributed by atoms with Crippen molar-refractivity contribution in [1.29, 1.82) is 5.26 Å². The number of hydrogen-bond donors (Lipinski definition) is 0. The zero-order valence-corrected chi connectivity index (χ0v) is 17.1. The number of halogens is 2. The standard InChI is InChI=1S/C20H18BrClN2O2/c1-13-5-4-6-14(7-13)12-26-19-17(21)9-15(10-18(19)22)8-16(11-23)20(25)24(2)3/h4-10H,12H2,1-3H3/b16-8-. The van der Waals surface area contributed by atoms with E-state index in [1.54, 1.807) is 26.2 Å². The molecule has 2 aromatic rings. The first-order valence-electron chi connectivity index (χ1n) is 7.82. The molecular weight excluding hydrogens is 416 g/mol. The maximum Gasteiger partial charge on any atom is 0.264 e. The van der Waals surface area contributed by atoms with Crippen molar-refractivity contribution in [2.24, 2.45) is 0 Å². The van der Waals surface area contributed by atoms with Crippen molar-refractivity contribution >= 4 is 39.5 Å². The van der Waals surface area contributed by atoms with Crippen LogP contribution < -0.4 is 4.74 Å². The van der Waals surface area contributed by atoms with Gasteiger partial charge in [-0.1, -0.05) is 41.4 Å². The lowest BCUT2D eigenvalue weighted by atomic mass is 10.1. The average Bonchev–Trinajstić information content (AvgIpc) is 2.58. The second-order valence-corrected chi connectivity index (χ2v) is 7.22. The highest BCUT2D eigenvalue weighted by Crippen LogP contribution is 2.35. The largest absolute Gasteiger partial charge is 0.486 e. The number of ether oxygens (including phenoxy) is 1. The normalized spacial score (nSPS) is 11.0. The highest BCUT2D eigenvalue weighted by atomic mass is 79.9. The fourth-order valence-electron chi connectivity index (χ4n) is 2.31. The molecule has 0 spiro atoms. The number of carbonyl (C=O) groups excluding carboxylic acids is 1. The number of benzene rings is 2. The summed E-state index contributed by atoms with van der Waals surface area (Å²) in [4.78, 5) is 13.3. The maximum atomic E-state index is 12.0. The Morgan fingerprint density at radius 3 is 2.65 bits per heavy atom. The second-order valence-electron chi connectivity index (χ2n) is 5.96. The summed E-state index contributed by atoms with van der Waals surface area (Å²) in [6.45, 7) is 2.41. The minimum atomic E-state index is -0.362. The third kappa shape index (κ3) is 5.10. The van der Waals surface area contributed by atoms with Crippen molar-refractivity contribution < 1.29 is 9.53 Å². The van der Waals surface area contributed by atoms with Crippen LogP contribution in [-0.2, 0) is 11.4 Å². The van der Waals surface area contributed by atoms with Crippen LogP contribution in [0.15, 0.2) is 46.4 Å². The van der Waals surface area contributed by atoms with Crippen LogP contribution in [0.1, 0.15) is 16.7 Å².